The number of aliphatic carboxylic acids is 1. The number of carboxylic acids is 1. The minimum absolute atomic E-state index is 0.000306. The fourth-order valence-corrected chi connectivity index (χ4v) is 4.00. The average molecular weight is 435 g/mol. The van der Waals surface area contributed by atoms with Crippen LogP contribution in [0.4, 0.5) is 5.82 Å². The molecule has 8 nitrogen and oxygen atoms in total. The van der Waals surface area contributed by atoms with Crippen molar-refractivity contribution in [2.24, 2.45) is 11.3 Å². The van der Waals surface area contributed by atoms with Crippen molar-refractivity contribution >= 4 is 17.7 Å². The van der Waals surface area contributed by atoms with E-state index in [2.05, 4.69) is 36.1 Å². The van der Waals surface area contributed by atoms with E-state index in [-0.39, 0.29) is 35.2 Å². The standard InChI is InChI=1S/C23H38N4O4/c1-7-23(14(2)3,21(29)30)27-19(28)17-18(24)25-16(15-11-9-8-10-12-15)20(26-17)31-13-22(4,5)6/h14-15H,7-13H2,1-6H3,(H2,24,25)(H,27,28)(H,29,30). The molecule has 1 aromatic rings. The Kier molecular flexibility index (Phi) is 7.89. The van der Waals surface area contributed by atoms with Gasteiger partial charge in [-0.1, -0.05) is 60.8 Å². The molecule has 1 aliphatic rings. The van der Waals surface area contributed by atoms with Crippen LogP contribution in [0.15, 0.2) is 0 Å². The largest absolute Gasteiger partial charge is 0.479 e. The summed E-state index contributed by atoms with van der Waals surface area (Å²) in [5, 5.41) is 12.5. The molecule has 0 radical (unpaired) electrons. The molecule has 1 atom stereocenters. The zero-order valence-electron chi connectivity index (χ0n) is 19.7. The Balaban J connectivity index is 2.44. The van der Waals surface area contributed by atoms with Crippen LogP contribution in [0.1, 0.15) is 102 Å². The van der Waals surface area contributed by atoms with Crippen LogP contribution in [0.25, 0.3) is 0 Å². The SMILES string of the molecule is CCC(NC(=O)c1nc(OCC(C)(C)C)c(C2CCCCC2)nc1N)(C(=O)O)C(C)C. The summed E-state index contributed by atoms with van der Waals surface area (Å²) in [5.41, 5.74) is 5.24. The molecule has 1 fully saturated rings. The summed E-state index contributed by atoms with van der Waals surface area (Å²) in [4.78, 5) is 34.1. The van der Waals surface area contributed by atoms with Gasteiger partial charge >= 0.3 is 5.97 Å². The van der Waals surface area contributed by atoms with E-state index < -0.39 is 17.4 Å². The second-order valence-electron chi connectivity index (χ2n) is 10.1. The van der Waals surface area contributed by atoms with Crippen LogP contribution in [-0.2, 0) is 4.79 Å². The van der Waals surface area contributed by atoms with Gasteiger partial charge in [0.05, 0.1) is 6.61 Å². The maximum absolute atomic E-state index is 13.1. The second kappa shape index (κ2) is 9.83. The van der Waals surface area contributed by atoms with Gasteiger partial charge in [-0.25, -0.2) is 14.8 Å². The second-order valence-corrected chi connectivity index (χ2v) is 10.1. The molecule has 1 aliphatic carbocycles. The molecule has 1 amide bonds. The molecule has 1 unspecified atom stereocenters. The van der Waals surface area contributed by atoms with Crippen LogP contribution in [0.3, 0.4) is 0 Å². The highest BCUT2D eigenvalue weighted by atomic mass is 16.5. The van der Waals surface area contributed by atoms with E-state index in [1.54, 1.807) is 20.8 Å². The lowest BCUT2D eigenvalue weighted by Crippen LogP contribution is -2.58. The lowest BCUT2D eigenvalue weighted by Gasteiger charge is -2.33. The lowest BCUT2D eigenvalue weighted by molar-refractivity contribution is -0.146. The number of aromatic nitrogens is 2. The van der Waals surface area contributed by atoms with Gasteiger partial charge in [-0.3, -0.25) is 4.79 Å². The van der Waals surface area contributed by atoms with E-state index in [1.165, 1.54) is 6.42 Å². The number of hydrogen-bond acceptors (Lipinski definition) is 6. The first-order valence-electron chi connectivity index (χ1n) is 11.3. The Morgan fingerprint density at radius 2 is 1.81 bits per heavy atom. The number of hydrogen-bond donors (Lipinski definition) is 3. The van der Waals surface area contributed by atoms with E-state index in [1.807, 2.05) is 0 Å². The molecule has 0 saturated heterocycles. The zero-order chi connectivity index (χ0) is 23.4. The number of carbonyl (C=O) groups excluding carboxylic acids is 1. The van der Waals surface area contributed by atoms with Gasteiger partial charge in [0.15, 0.2) is 11.5 Å². The molecular formula is C23H38N4O4. The van der Waals surface area contributed by atoms with E-state index in [4.69, 9.17) is 10.5 Å². The number of ether oxygens (including phenoxy) is 1. The first-order valence-corrected chi connectivity index (χ1v) is 11.3. The molecule has 8 heteroatoms. The van der Waals surface area contributed by atoms with Crippen LogP contribution in [0.5, 0.6) is 5.88 Å². The fourth-order valence-electron chi connectivity index (χ4n) is 4.00. The molecule has 0 aliphatic heterocycles. The fraction of sp³-hybridized carbons (Fsp3) is 0.739. The number of carbonyl (C=O) groups is 2. The van der Waals surface area contributed by atoms with Crippen molar-refractivity contribution in [2.45, 2.75) is 91.5 Å². The molecule has 0 bridgehead atoms. The summed E-state index contributed by atoms with van der Waals surface area (Å²) in [6.07, 6.45) is 5.61. The van der Waals surface area contributed by atoms with E-state index >= 15 is 0 Å². The molecule has 0 aromatic carbocycles. The number of nitrogens with zero attached hydrogens (tertiary/aromatic N) is 2. The predicted octanol–water partition coefficient (Wildman–Crippen LogP) is 4.15. The monoisotopic (exact) mass is 434 g/mol. The normalized spacial score (nSPS) is 17.3. The third kappa shape index (κ3) is 5.86. The highest BCUT2D eigenvalue weighted by Gasteiger charge is 2.42. The molecule has 1 saturated carbocycles. The molecule has 2 rings (SSSR count). The maximum Gasteiger partial charge on any atom is 0.329 e. The number of rotatable bonds is 8. The first kappa shape index (κ1) is 24.9. The smallest absolute Gasteiger partial charge is 0.329 e. The summed E-state index contributed by atoms with van der Waals surface area (Å²) < 4.78 is 6.03. The van der Waals surface area contributed by atoms with Gasteiger partial charge in [0.2, 0.25) is 5.88 Å². The Morgan fingerprint density at radius 1 is 1.19 bits per heavy atom. The van der Waals surface area contributed by atoms with Crippen LogP contribution in [-0.4, -0.2) is 39.1 Å². The summed E-state index contributed by atoms with van der Waals surface area (Å²) in [5.74, 6) is -1.55. The van der Waals surface area contributed by atoms with E-state index in [0.717, 1.165) is 25.7 Å². The number of nitrogens with one attached hydrogen (secondary N) is 1. The molecule has 1 aromatic heterocycles. The summed E-state index contributed by atoms with van der Waals surface area (Å²) in [7, 11) is 0. The molecule has 31 heavy (non-hydrogen) atoms. The van der Waals surface area contributed by atoms with Crippen molar-refractivity contribution in [1.29, 1.82) is 0 Å². The number of amides is 1. The van der Waals surface area contributed by atoms with Crippen molar-refractivity contribution in [3.8, 4) is 5.88 Å². The van der Waals surface area contributed by atoms with E-state index in [9.17, 15) is 14.7 Å². The summed E-state index contributed by atoms with van der Waals surface area (Å²) in [6, 6.07) is 0. The van der Waals surface area contributed by atoms with Crippen molar-refractivity contribution < 1.29 is 19.4 Å². The van der Waals surface area contributed by atoms with Gasteiger partial charge < -0.3 is 20.9 Å². The highest BCUT2D eigenvalue weighted by Crippen LogP contribution is 2.37. The lowest BCUT2D eigenvalue weighted by atomic mass is 9.83. The zero-order valence-corrected chi connectivity index (χ0v) is 19.7. The molecule has 0 spiro atoms. The van der Waals surface area contributed by atoms with Gasteiger partial charge in [0.25, 0.3) is 5.91 Å². The van der Waals surface area contributed by atoms with Crippen LogP contribution >= 0.6 is 0 Å². The van der Waals surface area contributed by atoms with Gasteiger partial charge in [0.1, 0.15) is 11.2 Å². The van der Waals surface area contributed by atoms with Gasteiger partial charge in [-0.05, 0) is 30.6 Å². The average Bonchev–Trinajstić information content (AvgIpc) is 2.70. The van der Waals surface area contributed by atoms with Gasteiger partial charge in [0, 0.05) is 5.92 Å². The Morgan fingerprint density at radius 3 is 2.29 bits per heavy atom. The number of carboxylic acid groups (broad SMARTS) is 1. The topological polar surface area (TPSA) is 127 Å². The minimum atomic E-state index is -1.42. The third-order valence-electron chi connectivity index (χ3n) is 6.03. The molecule has 1 heterocycles. The Bertz CT molecular complexity index is 798. The number of anilines is 1. The number of nitrogens with two attached hydrogens (primary N) is 1. The minimum Gasteiger partial charge on any atom is -0.479 e. The van der Waals surface area contributed by atoms with Crippen molar-refractivity contribution in [1.82, 2.24) is 15.3 Å². The third-order valence-corrected chi connectivity index (χ3v) is 6.03. The molecular weight excluding hydrogens is 396 g/mol. The van der Waals surface area contributed by atoms with Gasteiger partial charge in [-0.15, -0.1) is 0 Å². The predicted molar refractivity (Wildman–Crippen MR) is 120 cm³/mol. The van der Waals surface area contributed by atoms with Crippen molar-refractivity contribution in [3.05, 3.63) is 11.4 Å². The molecule has 174 valence electrons. The first-order chi connectivity index (χ1) is 14.4. The summed E-state index contributed by atoms with van der Waals surface area (Å²) >= 11 is 0. The Hall–Kier alpha value is -2.38. The maximum atomic E-state index is 13.1. The highest BCUT2D eigenvalue weighted by molar-refractivity contribution is 5.99. The van der Waals surface area contributed by atoms with Crippen molar-refractivity contribution in [3.63, 3.8) is 0 Å². The van der Waals surface area contributed by atoms with E-state index in [0.29, 0.717) is 18.2 Å². The van der Waals surface area contributed by atoms with Crippen LogP contribution in [0, 0.1) is 11.3 Å². The number of nitrogen functional groups attached to an aromatic ring is 1. The molecule has 4 N–H and O–H groups in total. The summed E-state index contributed by atoms with van der Waals surface area (Å²) in [6.45, 7) is 11.8. The Labute approximate surface area is 185 Å². The van der Waals surface area contributed by atoms with Crippen LogP contribution in [0.2, 0.25) is 0 Å². The van der Waals surface area contributed by atoms with Crippen LogP contribution < -0.4 is 15.8 Å². The van der Waals surface area contributed by atoms with Crippen molar-refractivity contribution in [2.75, 3.05) is 12.3 Å². The quantitative estimate of drug-likeness (QED) is 0.561. The van der Waals surface area contributed by atoms with Gasteiger partial charge in [-0.2, -0.15) is 0 Å².